The topological polar surface area (TPSA) is 64.3 Å². The third kappa shape index (κ3) is 3.64. The van der Waals surface area contributed by atoms with E-state index in [4.69, 9.17) is 10.5 Å². The summed E-state index contributed by atoms with van der Waals surface area (Å²) in [7, 11) is 0. The molecule has 4 heteroatoms. The van der Waals surface area contributed by atoms with Crippen molar-refractivity contribution in [3.63, 3.8) is 0 Å². The Labute approximate surface area is 85.2 Å². The lowest BCUT2D eigenvalue weighted by molar-refractivity contribution is -0.127. The van der Waals surface area contributed by atoms with Crippen LogP contribution >= 0.6 is 0 Å². The Morgan fingerprint density at radius 3 is 2.64 bits per heavy atom. The minimum atomic E-state index is -0.0431. The average Bonchev–Trinajstić information content (AvgIpc) is 2.92. The van der Waals surface area contributed by atoms with Gasteiger partial charge in [-0.2, -0.15) is 0 Å². The van der Waals surface area contributed by atoms with Crippen LogP contribution < -0.4 is 11.1 Å². The minimum Gasteiger partial charge on any atom is -0.369 e. The summed E-state index contributed by atoms with van der Waals surface area (Å²) in [6.45, 7) is 5.34. The molecule has 0 aromatic carbocycles. The van der Waals surface area contributed by atoms with E-state index < -0.39 is 0 Å². The van der Waals surface area contributed by atoms with Gasteiger partial charge < -0.3 is 15.8 Å². The summed E-state index contributed by atoms with van der Waals surface area (Å²) in [5.41, 5.74) is 5.80. The van der Waals surface area contributed by atoms with E-state index in [0.29, 0.717) is 13.1 Å². The summed E-state index contributed by atoms with van der Waals surface area (Å²) < 4.78 is 5.18. The van der Waals surface area contributed by atoms with Crippen molar-refractivity contribution < 1.29 is 9.53 Å². The molecule has 0 heterocycles. The van der Waals surface area contributed by atoms with Crippen LogP contribution in [0.15, 0.2) is 0 Å². The highest BCUT2D eigenvalue weighted by Crippen LogP contribution is 2.43. The molecule has 14 heavy (non-hydrogen) atoms. The molecule has 0 aliphatic heterocycles. The number of rotatable bonds is 6. The molecule has 3 N–H and O–H groups in total. The summed E-state index contributed by atoms with van der Waals surface area (Å²) in [6, 6.07) is 0. The Hall–Kier alpha value is -0.610. The van der Waals surface area contributed by atoms with Gasteiger partial charge in [-0.3, -0.25) is 4.79 Å². The zero-order valence-corrected chi connectivity index (χ0v) is 9.01. The van der Waals surface area contributed by atoms with Gasteiger partial charge in [-0.15, -0.1) is 0 Å². The van der Waals surface area contributed by atoms with Crippen LogP contribution in [0.1, 0.15) is 26.7 Å². The first-order valence-electron chi connectivity index (χ1n) is 5.16. The van der Waals surface area contributed by atoms with Crippen LogP contribution in [0, 0.1) is 5.41 Å². The molecule has 1 rings (SSSR count). The lowest BCUT2D eigenvalue weighted by atomic mass is 10.1. The molecule has 4 nitrogen and oxygen atoms in total. The van der Waals surface area contributed by atoms with E-state index in [2.05, 4.69) is 5.32 Å². The van der Waals surface area contributed by atoms with Gasteiger partial charge >= 0.3 is 0 Å². The number of hydrogen-bond donors (Lipinski definition) is 2. The van der Waals surface area contributed by atoms with Crippen LogP contribution in [-0.2, 0) is 9.53 Å². The van der Waals surface area contributed by atoms with Gasteiger partial charge in [-0.05, 0) is 38.6 Å². The van der Waals surface area contributed by atoms with Crippen LogP contribution in [0.2, 0.25) is 0 Å². The Balaban J connectivity index is 2.09. The Kier molecular flexibility index (Phi) is 3.89. The van der Waals surface area contributed by atoms with E-state index in [1.165, 1.54) is 0 Å². The molecule has 82 valence electrons. The Morgan fingerprint density at radius 2 is 2.21 bits per heavy atom. The second-order valence-electron chi connectivity index (χ2n) is 4.34. The van der Waals surface area contributed by atoms with Gasteiger partial charge in [0, 0.05) is 6.54 Å². The molecular formula is C10H20N2O2. The second kappa shape index (κ2) is 4.75. The van der Waals surface area contributed by atoms with Crippen LogP contribution in [0.5, 0.6) is 0 Å². The van der Waals surface area contributed by atoms with E-state index in [9.17, 15) is 4.79 Å². The van der Waals surface area contributed by atoms with Crippen molar-refractivity contribution in [1.29, 1.82) is 0 Å². The molecule has 0 radical (unpaired) electrons. The third-order valence-electron chi connectivity index (χ3n) is 2.60. The van der Waals surface area contributed by atoms with E-state index in [1.54, 1.807) is 0 Å². The Bertz CT molecular complexity index is 200. The van der Waals surface area contributed by atoms with Crippen molar-refractivity contribution in [3.8, 4) is 0 Å². The maximum absolute atomic E-state index is 11.3. The maximum atomic E-state index is 11.3. The number of nitrogens with one attached hydrogen (secondary N) is 1. The monoisotopic (exact) mass is 200 g/mol. The number of carbonyl (C=O) groups excluding carboxylic acids is 1. The largest absolute Gasteiger partial charge is 0.369 e. The fraction of sp³-hybridized carbons (Fsp3) is 0.900. The number of carbonyl (C=O) groups is 1. The van der Waals surface area contributed by atoms with Crippen molar-refractivity contribution in [2.45, 2.75) is 32.8 Å². The fourth-order valence-electron chi connectivity index (χ4n) is 1.21. The molecule has 0 unspecified atom stereocenters. The second-order valence-corrected chi connectivity index (χ2v) is 4.34. The van der Waals surface area contributed by atoms with Crippen molar-refractivity contribution in [2.24, 2.45) is 11.1 Å². The average molecular weight is 200 g/mol. The van der Waals surface area contributed by atoms with Gasteiger partial charge in [-0.1, -0.05) is 0 Å². The molecule has 1 amide bonds. The first kappa shape index (κ1) is 11.5. The summed E-state index contributed by atoms with van der Waals surface area (Å²) in [5, 5.41) is 2.85. The molecule has 0 aromatic heterocycles. The van der Waals surface area contributed by atoms with Gasteiger partial charge in [0.15, 0.2) is 0 Å². The smallest absolute Gasteiger partial charge is 0.246 e. The maximum Gasteiger partial charge on any atom is 0.246 e. The molecule has 0 saturated heterocycles. The minimum absolute atomic E-state index is 0.0431. The van der Waals surface area contributed by atoms with E-state index in [1.807, 2.05) is 13.8 Å². The first-order chi connectivity index (χ1) is 6.58. The highest BCUT2D eigenvalue weighted by molar-refractivity contribution is 5.77. The molecule has 1 aliphatic rings. The molecule has 1 aliphatic carbocycles. The van der Waals surface area contributed by atoms with Gasteiger partial charge in [0.1, 0.15) is 6.61 Å². The number of nitrogens with two attached hydrogens (primary N) is 1. The van der Waals surface area contributed by atoms with Crippen molar-refractivity contribution >= 4 is 5.91 Å². The van der Waals surface area contributed by atoms with Gasteiger partial charge in [0.05, 0.1) is 6.10 Å². The van der Waals surface area contributed by atoms with Gasteiger partial charge in [0.2, 0.25) is 5.91 Å². The lowest BCUT2D eigenvalue weighted by Crippen LogP contribution is -2.36. The van der Waals surface area contributed by atoms with Crippen molar-refractivity contribution in [2.75, 3.05) is 19.7 Å². The quantitative estimate of drug-likeness (QED) is 0.646. The lowest BCUT2D eigenvalue weighted by Gasteiger charge is -2.13. The zero-order valence-electron chi connectivity index (χ0n) is 9.01. The standard InChI is InChI=1S/C10H20N2O2/c1-8(2)14-5-9(13)12-7-10(6-11)3-4-10/h8H,3-7,11H2,1-2H3,(H,12,13). The van der Waals surface area contributed by atoms with Gasteiger partial charge in [-0.25, -0.2) is 0 Å². The molecular weight excluding hydrogens is 180 g/mol. The Morgan fingerprint density at radius 1 is 1.57 bits per heavy atom. The summed E-state index contributed by atoms with van der Waals surface area (Å²) >= 11 is 0. The number of ether oxygens (including phenoxy) is 1. The summed E-state index contributed by atoms with van der Waals surface area (Å²) in [6.07, 6.45) is 2.37. The van der Waals surface area contributed by atoms with Crippen molar-refractivity contribution in [3.05, 3.63) is 0 Å². The fourth-order valence-corrected chi connectivity index (χ4v) is 1.21. The predicted molar refractivity (Wildman–Crippen MR) is 54.8 cm³/mol. The highest BCUT2D eigenvalue weighted by Gasteiger charge is 2.41. The predicted octanol–water partition coefficient (Wildman–Crippen LogP) is 0.267. The van der Waals surface area contributed by atoms with Crippen LogP contribution in [0.3, 0.4) is 0 Å². The van der Waals surface area contributed by atoms with Crippen LogP contribution in [0.25, 0.3) is 0 Å². The molecule has 1 saturated carbocycles. The number of hydrogen-bond acceptors (Lipinski definition) is 3. The third-order valence-corrected chi connectivity index (χ3v) is 2.60. The van der Waals surface area contributed by atoms with E-state index in [-0.39, 0.29) is 24.0 Å². The summed E-state index contributed by atoms with van der Waals surface area (Å²) in [5.74, 6) is -0.0431. The highest BCUT2D eigenvalue weighted by atomic mass is 16.5. The van der Waals surface area contributed by atoms with Gasteiger partial charge in [0.25, 0.3) is 0 Å². The summed E-state index contributed by atoms with van der Waals surface area (Å²) in [4.78, 5) is 11.3. The SMILES string of the molecule is CC(C)OCC(=O)NCC1(CN)CC1. The normalized spacial score (nSPS) is 18.3. The molecule has 0 bridgehead atoms. The molecule has 0 aromatic rings. The molecule has 0 spiro atoms. The first-order valence-corrected chi connectivity index (χ1v) is 5.16. The molecule has 1 fully saturated rings. The van der Waals surface area contributed by atoms with Crippen LogP contribution in [0.4, 0.5) is 0 Å². The number of amides is 1. The van der Waals surface area contributed by atoms with Crippen molar-refractivity contribution in [1.82, 2.24) is 5.32 Å². The van der Waals surface area contributed by atoms with E-state index >= 15 is 0 Å². The molecule has 0 atom stereocenters. The zero-order chi connectivity index (χ0) is 10.6. The van der Waals surface area contributed by atoms with E-state index in [0.717, 1.165) is 12.8 Å². The van der Waals surface area contributed by atoms with Crippen LogP contribution in [-0.4, -0.2) is 31.7 Å².